The number of rotatable bonds is 3. The molecular weight excluding hydrogens is 299 g/mol. The van der Waals surface area contributed by atoms with E-state index in [4.69, 9.17) is 11.6 Å². The molecule has 2 amide bonds. The molecule has 0 saturated carbocycles. The maximum atomic E-state index is 13.7. The van der Waals surface area contributed by atoms with E-state index in [2.05, 4.69) is 5.32 Å². The van der Waals surface area contributed by atoms with Crippen LogP contribution in [0.3, 0.4) is 0 Å². The molecule has 0 aliphatic carbocycles. The molecule has 1 aliphatic heterocycles. The van der Waals surface area contributed by atoms with Crippen molar-refractivity contribution in [3.8, 4) is 0 Å². The molecule has 1 aromatic carbocycles. The van der Waals surface area contributed by atoms with Gasteiger partial charge in [0.25, 0.3) is 0 Å². The van der Waals surface area contributed by atoms with Gasteiger partial charge in [-0.25, -0.2) is 14.0 Å². The number of amides is 2. The highest BCUT2D eigenvalue weighted by Gasteiger charge is 2.48. The summed E-state index contributed by atoms with van der Waals surface area (Å²) in [5.74, 6) is -1.69. The first-order valence-corrected chi connectivity index (χ1v) is 7.05. The Bertz CT molecular complexity index is 581. The van der Waals surface area contributed by atoms with E-state index in [1.54, 1.807) is 6.92 Å². The molecule has 2 rings (SSSR count). The molecule has 2 N–H and O–H groups in total. The van der Waals surface area contributed by atoms with Gasteiger partial charge < -0.3 is 15.3 Å². The number of carbonyl (C=O) groups is 2. The van der Waals surface area contributed by atoms with E-state index in [1.807, 2.05) is 0 Å². The Balaban J connectivity index is 2.21. The molecule has 7 heteroatoms. The lowest BCUT2D eigenvalue weighted by Gasteiger charge is -2.33. The fraction of sp³-hybridized carbons (Fsp3) is 0.429. The largest absolute Gasteiger partial charge is 0.479 e. The SMILES string of the molecule is CCC1(C(=O)O)CCCN1C(=O)Nc1ccc(Cl)cc1F. The van der Waals surface area contributed by atoms with Crippen LogP contribution in [0.15, 0.2) is 18.2 Å². The minimum atomic E-state index is -1.22. The number of likely N-dealkylation sites (tertiary alicyclic amines) is 1. The molecule has 1 fully saturated rings. The minimum Gasteiger partial charge on any atom is -0.479 e. The van der Waals surface area contributed by atoms with E-state index in [0.717, 1.165) is 6.07 Å². The Morgan fingerprint density at radius 2 is 2.24 bits per heavy atom. The summed E-state index contributed by atoms with van der Waals surface area (Å²) in [4.78, 5) is 25.1. The average Bonchev–Trinajstić information content (AvgIpc) is 2.87. The number of aliphatic carboxylic acids is 1. The van der Waals surface area contributed by atoms with Gasteiger partial charge in [0.05, 0.1) is 5.69 Å². The van der Waals surface area contributed by atoms with Crippen LogP contribution in [0.2, 0.25) is 5.02 Å². The van der Waals surface area contributed by atoms with Gasteiger partial charge in [-0.2, -0.15) is 0 Å². The Hall–Kier alpha value is -1.82. The number of carboxylic acids is 1. The van der Waals surface area contributed by atoms with E-state index in [0.29, 0.717) is 25.8 Å². The Labute approximate surface area is 126 Å². The smallest absolute Gasteiger partial charge is 0.329 e. The van der Waals surface area contributed by atoms with E-state index < -0.39 is 23.4 Å². The van der Waals surface area contributed by atoms with Gasteiger partial charge in [0.1, 0.15) is 11.4 Å². The van der Waals surface area contributed by atoms with Gasteiger partial charge in [-0.15, -0.1) is 0 Å². The summed E-state index contributed by atoms with van der Waals surface area (Å²) in [6.45, 7) is 2.06. The second kappa shape index (κ2) is 5.89. The van der Waals surface area contributed by atoms with Crippen LogP contribution in [0.5, 0.6) is 0 Å². The van der Waals surface area contributed by atoms with Crippen LogP contribution in [-0.2, 0) is 4.79 Å². The third kappa shape index (κ3) is 2.81. The van der Waals surface area contributed by atoms with Crippen molar-refractivity contribution in [1.29, 1.82) is 0 Å². The lowest BCUT2D eigenvalue weighted by molar-refractivity contribution is -0.148. The normalized spacial score (nSPS) is 21.4. The number of carboxylic acid groups (broad SMARTS) is 1. The van der Waals surface area contributed by atoms with Crippen LogP contribution in [-0.4, -0.2) is 34.1 Å². The summed E-state index contributed by atoms with van der Waals surface area (Å²) in [5.41, 5.74) is -1.24. The van der Waals surface area contributed by atoms with E-state index in [-0.39, 0.29) is 10.7 Å². The van der Waals surface area contributed by atoms with Crippen LogP contribution < -0.4 is 5.32 Å². The van der Waals surface area contributed by atoms with Crippen LogP contribution in [0, 0.1) is 5.82 Å². The third-order valence-corrected chi connectivity index (χ3v) is 4.12. The van der Waals surface area contributed by atoms with Crippen LogP contribution in [0.4, 0.5) is 14.9 Å². The van der Waals surface area contributed by atoms with Crippen molar-refractivity contribution < 1.29 is 19.1 Å². The molecule has 1 unspecified atom stereocenters. The first-order valence-electron chi connectivity index (χ1n) is 6.68. The van der Waals surface area contributed by atoms with Crippen LogP contribution >= 0.6 is 11.6 Å². The summed E-state index contributed by atoms with van der Waals surface area (Å²) >= 11 is 5.65. The second-order valence-corrected chi connectivity index (χ2v) is 5.44. The topological polar surface area (TPSA) is 69.6 Å². The number of carbonyl (C=O) groups excluding carboxylic acids is 1. The highest BCUT2D eigenvalue weighted by molar-refractivity contribution is 6.30. The first-order chi connectivity index (χ1) is 9.90. The molecule has 1 aromatic rings. The number of hydrogen-bond acceptors (Lipinski definition) is 2. The predicted molar refractivity (Wildman–Crippen MR) is 77.0 cm³/mol. The van der Waals surface area contributed by atoms with Crippen molar-refractivity contribution in [2.45, 2.75) is 31.7 Å². The fourth-order valence-corrected chi connectivity index (χ4v) is 2.85. The summed E-state index contributed by atoms with van der Waals surface area (Å²) in [5, 5.41) is 12.1. The lowest BCUT2D eigenvalue weighted by atomic mass is 9.93. The number of hydrogen-bond donors (Lipinski definition) is 2. The zero-order valence-corrected chi connectivity index (χ0v) is 12.3. The molecule has 0 radical (unpaired) electrons. The van der Waals surface area contributed by atoms with Gasteiger partial charge in [-0.05, 0) is 37.5 Å². The third-order valence-electron chi connectivity index (χ3n) is 3.89. The van der Waals surface area contributed by atoms with Crippen molar-refractivity contribution in [2.24, 2.45) is 0 Å². The summed E-state index contributed by atoms with van der Waals surface area (Å²) < 4.78 is 13.7. The van der Waals surface area contributed by atoms with Gasteiger partial charge in [0, 0.05) is 11.6 Å². The maximum Gasteiger partial charge on any atom is 0.329 e. The lowest BCUT2D eigenvalue weighted by Crippen LogP contribution is -2.54. The average molecular weight is 315 g/mol. The van der Waals surface area contributed by atoms with Gasteiger partial charge >= 0.3 is 12.0 Å². The zero-order chi connectivity index (χ0) is 15.6. The Morgan fingerprint density at radius 1 is 1.52 bits per heavy atom. The van der Waals surface area contributed by atoms with Gasteiger partial charge in [-0.1, -0.05) is 18.5 Å². The summed E-state index contributed by atoms with van der Waals surface area (Å²) in [7, 11) is 0. The van der Waals surface area contributed by atoms with E-state index in [1.165, 1.54) is 17.0 Å². The molecule has 5 nitrogen and oxygen atoms in total. The molecule has 0 spiro atoms. The number of nitrogens with one attached hydrogen (secondary N) is 1. The van der Waals surface area contributed by atoms with Crippen LogP contribution in [0.1, 0.15) is 26.2 Å². The fourth-order valence-electron chi connectivity index (χ4n) is 2.69. The maximum absolute atomic E-state index is 13.7. The molecule has 114 valence electrons. The summed E-state index contributed by atoms with van der Waals surface area (Å²) in [6.07, 6.45) is 1.31. The standard InChI is InChI=1S/C14H16ClFN2O3/c1-2-14(12(19)20)6-3-7-18(14)13(21)17-11-5-4-9(15)8-10(11)16/h4-5,8H,2-3,6-7H2,1H3,(H,17,21)(H,19,20). The molecule has 1 heterocycles. The van der Waals surface area contributed by atoms with Gasteiger partial charge in [0.15, 0.2) is 0 Å². The number of halogens is 2. The molecule has 21 heavy (non-hydrogen) atoms. The number of anilines is 1. The zero-order valence-electron chi connectivity index (χ0n) is 11.5. The van der Waals surface area contributed by atoms with Crippen molar-refractivity contribution in [3.63, 3.8) is 0 Å². The number of benzene rings is 1. The minimum absolute atomic E-state index is 0.0216. The van der Waals surface area contributed by atoms with Gasteiger partial charge in [0.2, 0.25) is 0 Å². The Kier molecular flexibility index (Phi) is 4.37. The first kappa shape index (κ1) is 15.6. The van der Waals surface area contributed by atoms with Gasteiger partial charge in [-0.3, -0.25) is 0 Å². The quantitative estimate of drug-likeness (QED) is 0.899. The van der Waals surface area contributed by atoms with Crippen molar-refractivity contribution in [2.75, 3.05) is 11.9 Å². The molecule has 1 saturated heterocycles. The molecule has 1 atom stereocenters. The highest BCUT2D eigenvalue weighted by atomic mass is 35.5. The Morgan fingerprint density at radius 3 is 2.81 bits per heavy atom. The van der Waals surface area contributed by atoms with Crippen molar-refractivity contribution in [3.05, 3.63) is 29.0 Å². The van der Waals surface area contributed by atoms with Crippen molar-refractivity contribution in [1.82, 2.24) is 4.90 Å². The highest BCUT2D eigenvalue weighted by Crippen LogP contribution is 2.33. The molecule has 0 bridgehead atoms. The monoisotopic (exact) mass is 314 g/mol. The van der Waals surface area contributed by atoms with Crippen molar-refractivity contribution >= 4 is 29.3 Å². The number of urea groups is 1. The second-order valence-electron chi connectivity index (χ2n) is 5.00. The van der Waals surface area contributed by atoms with Crippen LogP contribution in [0.25, 0.3) is 0 Å². The van der Waals surface area contributed by atoms with E-state index in [9.17, 15) is 19.1 Å². The molecular formula is C14H16ClFN2O3. The molecule has 0 aromatic heterocycles. The molecule has 1 aliphatic rings. The predicted octanol–water partition coefficient (Wildman–Crippen LogP) is 3.34. The van der Waals surface area contributed by atoms with E-state index >= 15 is 0 Å². The number of nitrogens with zero attached hydrogens (tertiary/aromatic N) is 1. The summed E-state index contributed by atoms with van der Waals surface area (Å²) in [6, 6.07) is 3.28.